The molecule has 3 aromatic carbocycles. The predicted molar refractivity (Wildman–Crippen MR) is 292 cm³/mol. The number of carbonyl (C=O) groups is 5. The molecule has 18 nitrogen and oxygen atoms in total. The van der Waals surface area contributed by atoms with Crippen LogP contribution in [-0.4, -0.2) is 103 Å². The molecule has 438 valence electrons. The molecule has 0 unspecified atom stereocenters. The summed E-state index contributed by atoms with van der Waals surface area (Å²) < 4.78 is 98.4. The maximum atomic E-state index is 14.3. The van der Waals surface area contributed by atoms with E-state index in [1.807, 2.05) is 0 Å². The third kappa shape index (κ3) is 18.3. The Hall–Kier alpha value is -2.90. The maximum absolute atomic E-state index is 14.3. The van der Waals surface area contributed by atoms with Gasteiger partial charge >= 0.3 is 163 Å². The van der Waals surface area contributed by atoms with Crippen LogP contribution in [0.5, 0.6) is 11.5 Å². The number of pyridine rings is 2. The number of alkyl halides is 4. The number of thiol groups is 1. The second-order valence-electron chi connectivity index (χ2n) is 18.6. The summed E-state index contributed by atoms with van der Waals surface area (Å²) in [6.07, 6.45) is 9.46. The Morgan fingerprint density at radius 2 is 1.25 bits per heavy atom. The number of carboxylic acids is 1. The summed E-state index contributed by atoms with van der Waals surface area (Å²) >= 11 is 6.71. The zero-order chi connectivity index (χ0) is 59.2. The zero-order valence-electron chi connectivity index (χ0n) is 46.7. The van der Waals surface area contributed by atoms with Crippen molar-refractivity contribution in [1.82, 2.24) is 14.5 Å². The number of hydrogen-bond acceptors (Lipinski definition) is 16. The summed E-state index contributed by atoms with van der Waals surface area (Å²) in [4.78, 5) is 86.4. The van der Waals surface area contributed by atoms with Crippen molar-refractivity contribution in [1.29, 1.82) is 0 Å². The number of carbonyl (C=O) groups excluding carboxylic acids is 4. The molecule has 28 heteroatoms. The van der Waals surface area contributed by atoms with E-state index in [1.54, 1.807) is 51.5 Å². The number of nitrogens with two attached hydrogens (primary N) is 1. The molecule has 0 atom stereocenters. The number of benzene rings is 3. The van der Waals surface area contributed by atoms with E-state index in [4.69, 9.17) is 25.3 Å². The number of Topliss-reactive ketones (excluding diaryl/α,β-unsaturated/α-hetero) is 2. The summed E-state index contributed by atoms with van der Waals surface area (Å²) in [5, 5.41) is 21.1. The molecule has 10 rings (SSSR count). The van der Waals surface area contributed by atoms with Gasteiger partial charge in [0.25, 0.3) is 6.47 Å². The van der Waals surface area contributed by atoms with Gasteiger partial charge in [0.05, 0.1) is 44.5 Å². The van der Waals surface area contributed by atoms with Gasteiger partial charge in [-0.05, 0) is 129 Å². The van der Waals surface area contributed by atoms with E-state index < -0.39 is 47.5 Å². The minimum atomic E-state index is -3.14. The average Bonchev–Trinajstić information content (AvgIpc) is 3.18. The molecule has 4 N–H and O–H groups in total. The Kier molecular flexibility index (Phi) is 30.3. The Labute approximate surface area is 605 Å². The van der Waals surface area contributed by atoms with Gasteiger partial charge in [0.2, 0.25) is 10.9 Å². The average molecular weight is 1490 g/mol. The molecular weight excluding hydrogens is 1430 g/mol. The van der Waals surface area contributed by atoms with Crippen molar-refractivity contribution in [2.24, 2.45) is 11.7 Å². The Bertz CT molecular complexity index is 3320. The van der Waals surface area contributed by atoms with Gasteiger partial charge in [-0.2, -0.15) is 30.2 Å². The number of piperidine rings is 2. The maximum Gasteiger partial charge on any atom is 1.00 e. The van der Waals surface area contributed by atoms with Crippen LogP contribution >= 0.6 is 28.6 Å². The van der Waals surface area contributed by atoms with Gasteiger partial charge in [-0.3, -0.25) is 24.0 Å². The van der Waals surface area contributed by atoms with Gasteiger partial charge in [0.15, 0.2) is 23.1 Å². The number of aromatic carboxylic acids is 1. The van der Waals surface area contributed by atoms with E-state index in [1.165, 1.54) is 36.7 Å². The molecule has 2 aliphatic heterocycles. The monoisotopic (exact) mass is 1490 g/mol. The van der Waals surface area contributed by atoms with Crippen LogP contribution in [0.2, 0.25) is 0 Å². The summed E-state index contributed by atoms with van der Waals surface area (Å²) in [5.41, 5.74) is 6.52. The fourth-order valence-electron chi connectivity index (χ4n) is 9.59. The summed E-state index contributed by atoms with van der Waals surface area (Å²) in [6.45, 7) is -2.48. The number of hydrogen-bond donors (Lipinski definition) is 4. The Balaban J connectivity index is 0.000000316. The summed E-state index contributed by atoms with van der Waals surface area (Å²) in [7, 11) is 0. The van der Waals surface area contributed by atoms with Gasteiger partial charge in [0.1, 0.15) is 22.8 Å². The number of esters is 1. The first kappa shape index (κ1) is 72.6. The SMILES string of the molecule is CCOC(=O)c1cn(C2CC2)c2c(OC(F)F)c(Br)ccc2c1=O.CS.NCC(F)=C1CCN(c2ccc3c(=O)c(C(=O)O)cn(C4CC4)c3c2OC(F)F)CC1.O=C1c2ccccc2C(=O)C1CC(F)=C1CCNCC1.O=CO[O-].[Cs+].[Cs+].[H-]. The van der Waals surface area contributed by atoms with Crippen molar-refractivity contribution in [2.75, 3.05) is 50.5 Å². The van der Waals surface area contributed by atoms with E-state index >= 15 is 0 Å². The fourth-order valence-corrected chi connectivity index (χ4v) is 10.0. The number of ether oxygens (including phenoxy) is 3. The molecule has 4 heterocycles. The molecule has 83 heavy (non-hydrogen) atoms. The van der Waals surface area contributed by atoms with Crippen molar-refractivity contribution < 1.29 is 219 Å². The normalized spacial score (nSPS) is 15.4. The second-order valence-corrected chi connectivity index (χ2v) is 19.4. The van der Waals surface area contributed by atoms with Gasteiger partial charge in [-0.25, -0.2) is 18.4 Å². The van der Waals surface area contributed by atoms with E-state index in [2.05, 4.69) is 43.5 Å². The van der Waals surface area contributed by atoms with Gasteiger partial charge < -0.3 is 56.0 Å². The van der Waals surface area contributed by atoms with Gasteiger partial charge in [0, 0.05) is 61.7 Å². The molecule has 2 aromatic heterocycles. The van der Waals surface area contributed by atoms with Crippen LogP contribution in [0.25, 0.3) is 21.8 Å². The molecule has 4 fully saturated rings. The van der Waals surface area contributed by atoms with E-state index in [9.17, 15) is 60.2 Å². The van der Waals surface area contributed by atoms with Crippen LogP contribution in [0.15, 0.2) is 97.8 Å². The number of carboxylic acid groups (broad SMARTS) is 1. The smallest absolute Gasteiger partial charge is 1.00 e. The van der Waals surface area contributed by atoms with Crippen molar-refractivity contribution in [3.63, 3.8) is 0 Å². The largest absolute Gasteiger partial charge is 1.00 e. The van der Waals surface area contributed by atoms with Crippen LogP contribution in [-0.2, 0) is 14.4 Å². The molecule has 5 aromatic rings. The molecule has 2 saturated carbocycles. The first-order chi connectivity index (χ1) is 38.8. The van der Waals surface area contributed by atoms with Gasteiger partial charge in [-0.1, -0.05) is 24.3 Å². The third-order valence-electron chi connectivity index (χ3n) is 13.6. The predicted octanol–water partition coefficient (Wildman–Crippen LogP) is 3.08. The van der Waals surface area contributed by atoms with Gasteiger partial charge in [-0.15, -0.1) is 0 Å². The number of halogens is 7. The van der Waals surface area contributed by atoms with Crippen LogP contribution in [0.1, 0.15) is 120 Å². The van der Waals surface area contributed by atoms with Crippen LogP contribution in [0.3, 0.4) is 0 Å². The minimum absolute atomic E-state index is 0. The van der Waals surface area contributed by atoms with E-state index in [0.29, 0.717) is 65.6 Å². The molecule has 0 spiro atoms. The molecular formula is C55H58BrCs2F6N5O13S. The number of aromatic nitrogens is 2. The second kappa shape index (κ2) is 34.6. The molecule has 5 aliphatic rings. The van der Waals surface area contributed by atoms with Crippen molar-refractivity contribution >= 4 is 86.0 Å². The first-order valence-corrected chi connectivity index (χ1v) is 27.2. The standard InChI is InChI=1S/C21H22F3N3O4.C16H14BrF2NO4.C16H16FNO2.CH2O3.CH4S.2Cs.H/c22-15(9-25)11-5-7-26(8-6-11)16-4-3-13-17(19(16)31-21(23)24)27(12-1-2-12)10-14(18(13)28)20(29)30;1-2-23-15(22)10-7-20(8-3-4-8)12-9(13(10)21)5-6-11(17)14(12)24-16(18)19;17-14(10-5-7-18-8-6-10)9-13-15(19)11-3-1-2-4-12(11)16(13)20;2-1-4-3;1-2;;;/h3-4,10,12,21H,1-2,5-9,25H2,(H,29,30);5-8,16H,2-4H2,1H3;1-4,13,18H,5-9H2;1,3H;2H,1H3;;;/q;;;;;2*+1;-1/p-1. The number of allylic oxidation sites excluding steroid dienone is 1. The zero-order valence-corrected chi connectivity index (χ0v) is 60.7. The van der Waals surface area contributed by atoms with Crippen LogP contribution in [0.4, 0.5) is 32.0 Å². The number of fused-ring (bicyclic) bond motifs is 3. The van der Waals surface area contributed by atoms with Crippen LogP contribution in [0, 0.1) is 5.92 Å². The molecule has 3 aliphatic carbocycles. The first-order valence-electron chi connectivity index (χ1n) is 25.5. The Morgan fingerprint density at radius 3 is 1.72 bits per heavy atom. The van der Waals surface area contributed by atoms with E-state index in [-0.39, 0.29) is 239 Å². The molecule has 0 bridgehead atoms. The van der Waals surface area contributed by atoms with Crippen molar-refractivity contribution in [2.45, 2.75) is 90.0 Å². The summed E-state index contributed by atoms with van der Waals surface area (Å²) in [6, 6.07) is 12.6. The quantitative estimate of drug-likeness (QED) is 0.0237. The van der Waals surface area contributed by atoms with Crippen molar-refractivity contribution in [3.05, 3.63) is 131 Å². The minimum Gasteiger partial charge on any atom is -1.00 e. The number of nitrogens with one attached hydrogen (secondary N) is 1. The molecule has 2 saturated heterocycles. The number of rotatable bonds is 14. The Morgan fingerprint density at radius 1 is 0.783 bits per heavy atom. The fraction of sp³-hybridized carbons (Fsp3) is 0.400. The number of nitrogens with zero attached hydrogens (tertiary/aromatic N) is 3. The summed E-state index contributed by atoms with van der Waals surface area (Å²) in [5.74, 6) is -4.35. The number of ketones is 2. The topological polar surface area (TPSA) is 251 Å². The molecule has 0 radical (unpaired) electrons. The third-order valence-corrected chi connectivity index (χ3v) is 14.2. The van der Waals surface area contributed by atoms with Crippen LogP contribution < -0.4 is 179 Å². The van der Waals surface area contributed by atoms with Crippen molar-refractivity contribution in [3.8, 4) is 11.5 Å². The van der Waals surface area contributed by atoms with E-state index in [0.717, 1.165) is 44.3 Å². The molecule has 0 amide bonds. The number of anilines is 1.